The van der Waals surface area contributed by atoms with Crippen molar-refractivity contribution in [1.82, 2.24) is 0 Å². The van der Waals surface area contributed by atoms with E-state index in [0.29, 0.717) is 19.6 Å². The summed E-state index contributed by atoms with van der Waals surface area (Å²) in [6, 6.07) is -0.0332. The highest BCUT2D eigenvalue weighted by Crippen LogP contribution is 2.35. The van der Waals surface area contributed by atoms with Gasteiger partial charge < -0.3 is 15.2 Å². The van der Waals surface area contributed by atoms with Gasteiger partial charge in [-0.15, -0.1) is 0 Å². The predicted octanol–water partition coefficient (Wildman–Crippen LogP) is 0.303. The van der Waals surface area contributed by atoms with E-state index < -0.39 is 0 Å². The smallest absolute Gasteiger partial charge is 0.306 e. The summed E-state index contributed by atoms with van der Waals surface area (Å²) >= 11 is 0. The van der Waals surface area contributed by atoms with Crippen LogP contribution in [0.4, 0.5) is 0 Å². The van der Waals surface area contributed by atoms with Crippen LogP contribution in [0.15, 0.2) is 0 Å². The summed E-state index contributed by atoms with van der Waals surface area (Å²) in [5, 5.41) is 0. The quantitative estimate of drug-likeness (QED) is 0.646. The number of esters is 1. The van der Waals surface area contributed by atoms with Crippen molar-refractivity contribution in [2.75, 3.05) is 20.3 Å². The van der Waals surface area contributed by atoms with E-state index in [1.54, 1.807) is 0 Å². The Morgan fingerprint density at radius 2 is 2.46 bits per heavy atom. The molecule has 4 nitrogen and oxygen atoms in total. The third kappa shape index (κ3) is 2.19. The zero-order valence-corrected chi connectivity index (χ0v) is 8.21. The molecule has 1 heterocycles. The highest BCUT2D eigenvalue weighted by molar-refractivity contribution is 5.70. The molecule has 1 fully saturated rings. The molecule has 0 aromatic rings. The molecular weight excluding hydrogens is 170 g/mol. The fraction of sp³-hybridized carbons (Fsp3) is 0.889. The molecule has 1 saturated heterocycles. The van der Waals surface area contributed by atoms with Gasteiger partial charge in [-0.2, -0.15) is 0 Å². The third-order valence-electron chi connectivity index (χ3n) is 2.82. The lowest BCUT2D eigenvalue weighted by atomic mass is 9.78. The number of rotatable bonds is 3. The molecule has 0 amide bonds. The first-order chi connectivity index (χ1) is 6.10. The highest BCUT2D eigenvalue weighted by atomic mass is 16.5. The van der Waals surface area contributed by atoms with Gasteiger partial charge in [0, 0.05) is 18.1 Å². The number of carbonyl (C=O) groups is 1. The summed E-state index contributed by atoms with van der Waals surface area (Å²) in [7, 11) is 1.40. The summed E-state index contributed by atoms with van der Waals surface area (Å²) in [5.41, 5.74) is 5.65. The molecule has 0 aliphatic carbocycles. The third-order valence-corrected chi connectivity index (χ3v) is 2.82. The van der Waals surface area contributed by atoms with Crippen molar-refractivity contribution in [3.8, 4) is 0 Å². The maximum absolute atomic E-state index is 11.1. The van der Waals surface area contributed by atoms with Crippen LogP contribution in [-0.2, 0) is 14.3 Å². The number of hydrogen-bond acceptors (Lipinski definition) is 4. The van der Waals surface area contributed by atoms with Gasteiger partial charge in [0.25, 0.3) is 0 Å². The van der Waals surface area contributed by atoms with Gasteiger partial charge in [0.1, 0.15) is 0 Å². The molecule has 1 rings (SSSR count). The molecule has 1 aliphatic rings. The number of hydrogen-bond donors (Lipinski definition) is 1. The zero-order chi connectivity index (χ0) is 9.90. The molecular formula is C9H17NO3. The predicted molar refractivity (Wildman–Crippen MR) is 48.2 cm³/mol. The second kappa shape index (κ2) is 4.07. The van der Waals surface area contributed by atoms with E-state index >= 15 is 0 Å². The van der Waals surface area contributed by atoms with Crippen LogP contribution in [0.5, 0.6) is 0 Å². The van der Waals surface area contributed by atoms with Crippen molar-refractivity contribution >= 4 is 5.97 Å². The number of carbonyl (C=O) groups excluding carboxylic acids is 1. The van der Waals surface area contributed by atoms with Crippen LogP contribution in [0.25, 0.3) is 0 Å². The van der Waals surface area contributed by atoms with E-state index in [2.05, 4.69) is 4.74 Å². The normalized spacial score (nSPS) is 30.1. The Morgan fingerprint density at radius 3 is 2.85 bits per heavy atom. The Hall–Kier alpha value is -0.610. The van der Waals surface area contributed by atoms with Crippen LogP contribution in [0.1, 0.15) is 19.8 Å². The summed E-state index contributed by atoms with van der Waals surface area (Å²) in [4.78, 5) is 11.1. The van der Waals surface area contributed by atoms with Crippen LogP contribution in [0, 0.1) is 5.41 Å². The van der Waals surface area contributed by atoms with Crippen molar-refractivity contribution < 1.29 is 14.3 Å². The average molecular weight is 187 g/mol. The fourth-order valence-electron chi connectivity index (χ4n) is 1.64. The van der Waals surface area contributed by atoms with Crippen LogP contribution < -0.4 is 5.73 Å². The SMILES string of the molecule is COC(=O)CC1(C(C)N)CCOC1. The summed E-state index contributed by atoms with van der Waals surface area (Å²) in [5.74, 6) is -0.206. The van der Waals surface area contributed by atoms with Gasteiger partial charge in [0.2, 0.25) is 0 Å². The van der Waals surface area contributed by atoms with Gasteiger partial charge in [-0.05, 0) is 13.3 Å². The van der Waals surface area contributed by atoms with Crippen molar-refractivity contribution in [1.29, 1.82) is 0 Å². The lowest BCUT2D eigenvalue weighted by Crippen LogP contribution is -2.42. The van der Waals surface area contributed by atoms with Gasteiger partial charge in [-0.25, -0.2) is 0 Å². The molecule has 2 N–H and O–H groups in total. The molecule has 0 spiro atoms. The lowest BCUT2D eigenvalue weighted by Gasteiger charge is -2.30. The molecule has 1 aliphatic heterocycles. The number of methoxy groups -OCH3 is 1. The first-order valence-corrected chi connectivity index (χ1v) is 4.51. The van der Waals surface area contributed by atoms with Crippen LogP contribution in [0.2, 0.25) is 0 Å². The molecule has 0 radical (unpaired) electrons. The molecule has 13 heavy (non-hydrogen) atoms. The van der Waals surface area contributed by atoms with Crippen molar-refractivity contribution in [2.24, 2.45) is 11.1 Å². The molecule has 0 aromatic carbocycles. The maximum Gasteiger partial charge on any atom is 0.306 e. The van der Waals surface area contributed by atoms with Crippen molar-refractivity contribution in [3.05, 3.63) is 0 Å². The minimum atomic E-state index is -0.206. The Kier molecular flexibility index (Phi) is 3.27. The molecule has 0 bridgehead atoms. The number of ether oxygens (including phenoxy) is 2. The van der Waals surface area contributed by atoms with E-state index in [9.17, 15) is 4.79 Å². The number of nitrogens with two attached hydrogens (primary N) is 1. The summed E-state index contributed by atoms with van der Waals surface area (Å²) in [6.07, 6.45) is 1.21. The Balaban J connectivity index is 2.62. The van der Waals surface area contributed by atoms with Crippen molar-refractivity contribution in [3.63, 3.8) is 0 Å². The highest BCUT2D eigenvalue weighted by Gasteiger charge is 2.40. The Morgan fingerprint density at radius 1 is 1.77 bits per heavy atom. The maximum atomic E-state index is 11.1. The molecule has 2 unspecified atom stereocenters. The summed E-state index contributed by atoms with van der Waals surface area (Å²) in [6.45, 7) is 3.18. The Labute approximate surface area is 78.4 Å². The first kappa shape index (κ1) is 10.5. The van der Waals surface area contributed by atoms with Gasteiger partial charge in [0.15, 0.2) is 0 Å². The second-order valence-corrected chi connectivity index (χ2v) is 3.71. The van der Waals surface area contributed by atoms with Gasteiger partial charge >= 0.3 is 5.97 Å². The van der Waals surface area contributed by atoms with E-state index in [4.69, 9.17) is 10.5 Å². The van der Waals surface area contributed by atoms with Gasteiger partial charge in [-0.3, -0.25) is 4.79 Å². The molecule has 0 aromatic heterocycles. The fourth-order valence-corrected chi connectivity index (χ4v) is 1.64. The minimum absolute atomic E-state index is 0.0332. The molecule has 2 atom stereocenters. The monoisotopic (exact) mass is 187 g/mol. The first-order valence-electron chi connectivity index (χ1n) is 4.51. The average Bonchev–Trinajstić information content (AvgIpc) is 2.54. The van der Waals surface area contributed by atoms with E-state index in [-0.39, 0.29) is 17.4 Å². The lowest BCUT2D eigenvalue weighted by molar-refractivity contribution is -0.143. The molecule has 4 heteroatoms. The standard InChI is InChI=1S/C9H17NO3/c1-7(10)9(3-4-13-6-9)5-8(11)12-2/h7H,3-6,10H2,1-2H3. The topological polar surface area (TPSA) is 61.5 Å². The largest absolute Gasteiger partial charge is 0.469 e. The van der Waals surface area contributed by atoms with Crippen LogP contribution >= 0.6 is 0 Å². The van der Waals surface area contributed by atoms with Gasteiger partial charge in [-0.1, -0.05) is 0 Å². The molecule has 76 valence electrons. The minimum Gasteiger partial charge on any atom is -0.469 e. The van der Waals surface area contributed by atoms with Crippen molar-refractivity contribution in [2.45, 2.75) is 25.8 Å². The summed E-state index contributed by atoms with van der Waals surface area (Å²) < 4.78 is 9.92. The van der Waals surface area contributed by atoms with Crippen LogP contribution in [0.3, 0.4) is 0 Å². The Bertz CT molecular complexity index is 185. The van der Waals surface area contributed by atoms with E-state index in [0.717, 1.165) is 6.42 Å². The molecule has 0 saturated carbocycles. The van der Waals surface area contributed by atoms with Gasteiger partial charge in [0.05, 0.1) is 20.1 Å². The van der Waals surface area contributed by atoms with E-state index in [1.165, 1.54) is 7.11 Å². The van der Waals surface area contributed by atoms with E-state index in [1.807, 2.05) is 6.92 Å². The zero-order valence-electron chi connectivity index (χ0n) is 8.21. The second-order valence-electron chi connectivity index (χ2n) is 3.71. The van der Waals surface area contributed by atoms with Crippen LogP contribution in [-0.4, -0.2) is 32.3 Å².